The fourth-order valence-corrected chi connectivity index (χ4v) is 4.06. The summed E-state index contributed by atoms with van der Waals surface area (Å²) in [6.45, 7) is 5.08. The third-order valence-corrected chi connectivity index (χ3v) is 5.80. The maximum atomic E-state index is 6.11. The SMILES string of the molecule is CC(Oc1cc(-c2cc3n(n2)CCC32CNC2)cnc1N)c1ccccc1. The number of aryl methyl sites for hydroxylation is 1. The Labute approximate surface area is 158 Å². The monoisotopic (exact) mass is 361 g/mol. The summed E-state index contributed by atoms with van der Waals surface area (Å²) in [5, 5.41) is 8.20. The molecule has 1 unspecified atom stereocenters. The Balaban J connectivity index is 1.44. The highest BCUT2D eigenvalue weighted by atomic mass is 16.5. The van der Waals surface area contributed by atoms with Crippen LogP contribution in [0.2, 0.25) is 0 Å². The molecule has 5 rings (SSSR count). The molecule has 2 aromatic heterocycles. The number of hydrogen-bond acceptors (Lipinski definition) is 5. The van der Waals surface area contributed by atoms with Gasteiger partial charge in [0.25, 0.3) is 0 Å². The Morgan fingerprint density at radius 3 is 2.78 bits per heavy atom. The van der Waals surface area contributed by atoms with Crippen LogP contribution in [0.25, 0.3) is 11.3 Å². The van der Waals surface area contributed by atoms with Crippen molar-refractivity contribution in [2.45, 2.75) is 31.4 Å². The molecule has 1 atom stereocenters. The summed E-state index contributed by atoms with van der Waals surface area (Å²) in [7, 11) is 0. The number of ether oxygens (including phenoxy) is 1. The van der Waals surface area contributed by atoms with E-state index in [0.29, 0.717) is 11.6 Å². The van der Waals surface area contributed by atoms with Gasteiger partial charge in [-0.25, -0.2) is 4.98 Å². The summed E-state index contributed by atoms with van der Waals surface area (Å²) in [5.74, 6) is 0.991. The van der Waals surface area contributed by atoms with E-state index in [4.69, 9.17) is 15.6 Å². The van der Waals surface area contributed by atoms with Crippen molar-refractivity contribution in [1.82, 2.24) is 20.1 Å². The third-order valence-electron chi connectivity index (χ3n) is 5.80. The van der Waals surface area contributed by atoms with Gasteiger partial charge in [0, 0.05) is 42.5 Å². The Morgan fingerprint density at radius 1 is 1.22 bits per heavy atom. The molecule has 0 bridgehead atoms. The molecule has 1 fully saturated rings. The second kappa shape index (κ2) is 6.09. The quantitative estimate of drug-likeness (QED) is 0.747. The van der Waals surface area contributed by atoms with Gasteiger partial charge in [-0.05, 0) is 31.0 Å². The van der Waals surface area contributed by atoms with Crippen LogP contribution < -0.4 is 15.8 Å². The summed E-state index contributed by atoms with van der Waals surface area (Å²) in [5.41, 5.74) is 10.6. The van der Waals surface area contributed by atoms with Crippen molar-refractivity contribution in [3.05, 3.63) is 59.9 Å². The topological polar surface area (TPSA) is 78.0 Å². The van der Waals surface area contributed by atoms with Crippen LogP contribution in [0.4, 0.5) is 5.82 Å². The van der Waals surface area contributed by atoms with E-state index in [0.717, 1.165) is 36.5 Å². The number of anilines is 1. The molecule has 138 valence electrons. The van der Waals surface area contributed by atoms with Crippen LogP contribution in [0.1, 0.15) is 30.7 Å². The largest absolute Gasteiger partial charge is 0.482 e. The molecule has 27 heavy (non-hydrogen) atoms. The smallest absolute Gasteiger partial charge is 0.166 e. The van der Waals surface area contributed by atoms with Gasteiger partial charge in [0.15, 0.2) is 11.6 Å². The molecule has 2 aliphatic rings. The highest BCUT2D eigenvalue weighted by molar-refractivity contribution is 5.65. The lowest BCUT2D eigenvalue weighted by Gasteiger charge is -2.38. The molecule has 0 saturated carbocycles. The van der Waals surface area contributed by atoms with Gasteiger partial charge >= 0.3 is 0 Å². The van der Waals surface area contributed by atoms with Crippen molar-refractivity contribution in [1.29, 1.82) is 0 Å². The van der Waals surface area contributed by atoms with Gasteiger partial charge in [0.1, 0.15) is 6.10 Å². The molecule has 0 radical (unpaired) electrons. The zero-order valence-corrected chi connectivity index (χ0v) is 15.4. The van der Waals surface area contributed by atoms with Crippen LogP contribution in [0.15, 0.2) is 48.7 Å². The van der Waals surface area contributed by atoms with E-state index < -0.39 is 0 Å². The zero-order valence-electron chi connectivity index (χ0n) is 15.4. The molecule has 2 aliphatic heterocycles. The van der Waals surface area contributed by atoms with E-state index in [2.05, 4.69) is 21.0 Å². The molecule has 6 nitrogen and oxygen atoms in total. The van der Waals surface area contributed by atoms with Crippen LogP contribution in [0.5, 0.6) is 5.75 Å². The van der Waals surface area contributed by atoms with E-state index in [1.807, 2.05) is 43.3 Å². The number of pyridine rings is 1. The number of nitrogens with zero attached hydrogens (tertiary/aromatic N) is 3. The Morgan fingerprint density at radius 2 is 2.04 bits per heavy atom. The number of rotatable bonds is 4. The van der Waals surface area contributed by atoms with Crippen LogP contribution in [-0.4, -0.2) is 27.9 Å². The maximum Gasteiger partial charge on any atom is 0.166 e. The lowest BCUT2D eigenvalue weighted by Crippen LogP contribution is -2.55. The number of nitrogen functional groups attached to an aromatic ring is 1. The maximum absolute atomic E-state index is 6.11. The Bertz CT molecular complexity index is 977. The normalized spacial score (nSPS) is 18.1. The van der Waals surface area contributed by atoms with Crippen LogP contribution in [0.3, 0.4) is 0 Å². The summed E-state index contributed by atoms with van der Waals surface area (Å²) < 4.78 is 8.25. The summed E-state index contributed by atoms with van der Waals surface area (Å²) in [4.78, 5) is 4.35. The Kier molecular flexibility index (Phi) is 3.68. The number of nitrogens with two attached hydrogens (primary N) is 1. The summed E-state index contributed by atoms with van der Waals surface area (Å²) >= 11 is 0. The number of benzene rings is 1. The number of fused-ring (bicyclic) bond motifs is 2. The minimum absolute atomic E-state index is 0.109. The molecule has 0 amide bonds. The van der Waals surface area contributed by atoms with Crippen molar-refractivity contribution in [3.8, 4) is 17.0 Å². The zero-order chi connectivity index (χ0) is 18.4. The summed E-state index contributed by atoms with van der Waals surface area (Å²) in [6.07, 6.45) is 2.84. The lowest BCUT2D eigenvalue weighted by molar-refractivity contribution is 0.227. The van der Waals surface area contributed by atoms with E-state index in [-0.39, 0.29) is 11.5 Å². The second-order valence-electron chi connectivity index (χ2n) is 7.55. The highest BCUT2D eigenvalue weighted by Gasteiger charge is 2.45. The van der Waals surface area contributed by atoms with Gasteiger partial charge in [-0.1, -0.05) is 30.3 Å². The first-order chi connectivity index (χ1) is 13.1. The molecule has 3 N–H and O–H groups in total. The average molecular weight is 361 g/mol. The van der Waals surface area contributed by atoms with Gasteiger partial charge in [-0.2, -0.15) is 5.10 Å². The van der Waals surface area contributed by atoms with Crippen LogP contribution in [-0.2, 0) is 12.0 Å². The molecular weight excluding hydrogens is 338 g/mol. The molecular formula is C21H23N5O. The fraction of sp³-hybridized carbons (Fsp3) is 0.333. The molecule has 3 aromatic rings. The van der Waals surface area contributed by atoms with E-state index in [1.165, 1.54) is 12.1 Å². The molecule has 1 aromatic carbocycles. The van der Waals surface area contributed by atoms with Gasteiger partial charge in [0.05, 0.1) is 5.69 Å². The first-order valence-electron chi connectivity index (χ1n) is 9.41. The average Bonchev–Trinajstić information content (AvgIpc) is 3.22. The van der Waals surface area contributed by atoms with E-state index in [9.17, 15) is 0 Å². The van der Waals surface area contributed by atoms with Crippen LogP contribution in [0, 0.1) is 0 Å². The third kappa shape index (κ3) is 2.68. The van der Waals surface area contributed by atoms with Crippen molar-refractivity contribution in [2.75, 3.05) is 18.8 Å². The molecule has 1 saturated heterocycles. The van der Waals surface area contributed by atoms with E-state index in [1.54, 1.807) is 6.20 Å². The van der Waals surface area contributed by atoms with Gasteiger partial charge in [-0.3, -0.25) is 4.68 Å². The number of aromatic nitrogens is 3. The lowest BCUT2D eigenvalue weighted by atomic mass is 9.77. The Hall–Kier alpha value is -2.86. The second-order valence-corrected chi connectivity index (χ2v) is 7.55. The van der Waals surface area contributed by atoms with Crippen LogP contribution >= 0.6 is 0 Å². The predicted octanol–water partition coefficient (Wildman–Crippen LogP) is 2.91. The number of nitrogens with one attached hydrogen (secondary N) is 1. The van der Waals surface area contributed by atoms with Crippen molar-refractivity contribution in [2.24, 2.45) is 0 Å². The molecule has 1 spiro atoms. The van der Waals surface area contributed by atoms with Crippen molar-refractivity contribution >= 4 is 5.82 Å². The molecule has 6 heteroatoms. The van der Waals surface area contributed by atoms with Gasteiger partial charge < -0.3 is 15.8 Å². The predicted molar refractivity (Wildman–Crippen MR) is 105 cm³/mol. The first-order valence-corrected chi connectivity index (χ1v) is 9.41. The summed E-state index contributed by atoms with van der Waals surface area (Å²) in [6, 6.07) is 14.2. The van der Waals surface area contributed by atoms with Crippen molar-refractivity contribution < 1.29 is 4.74 Å². The molecule has 0 aliphatic carbocycles. The highest BCUT2D eigenvalue weighted by Crippen LogP contribution is 2.40. The molecule has 4 heterocycles. The van der Waals surface area contributed by atoms with Gasteiger partial charge in [-0.15, -0.1) is 0 Å². The number of hydrogen-bond donors (Lipinski definition) is 2. The van der Waals surface area contributed by atoms with E-state index >= 15 is 0 Å². The first kappa shape index (κ1) is 16.3. The van der Waals surface area contributed by atoms with Crippen molar-refractivity contribution in [3.63, 3.8) is 0 Å². The van der Waals surface area contributed by atoms with Gasteiger partial charge in [0.2, 0.25) is 0 Å². The minimum atomic E-state index is -0.109. The fourth-order valence-electron chi connectivity index (χ4n) is 4.06. The minimum Gasteiger partial charge on any atom is -0.482 e. The standard InChI is InChI=1S/C21H23N5O/c1-14(15-5-3-2-4-6-15)27-18-9-16(11-24-20(18)22)17-10-19-21(12-23-13-21)7-8-26(19)25-17/h2-6,9-11,14,23H,7-8,12-13H2,1H3,(H2,22,24).